The van der Waals surface area contributed by atoms with E-state index in [-0.39, 0.29) is 11.9 Å². The summed E-state index contributed by atoms with van der Waals surface area (Å²) in [6.45, 7) is 3.09. The third kappa shape index (κ3) is 3.33. The van der Waals surface area contributed by atoms with Crippen molar-refractivity contribution in [1.29, 1.82) is 0 Å². The second-order valence-electron chi connectivity index (χ2n) is 5.57. The molecular weight excluding hydrogens is 283 g/mol. The highest BCUT2D eigenvalue weighted by molar-refractivity contribution is 7.11. The van der Waals surface area contributed by atoms with Gasteiger partial charge in [-0.2, -0.15) is 0 Å². The molecule has 0 fully saturated rings. The van der Waals surface area contributed by atoms with E-state index in [1.165, 1.54) is 35.5 Å². The van der Waals surface area contributed by atoms with Crippen LogP contribution in [0.3, 0.4) is 0 Å². The molecule has 3 rings (SSSR count). The molecule has 0 saturated carbocycles. The fourth-order valence-corrected chi connectivity index (χ4v) is 4.04. The molecule has 0 radical (unpaired) electrons. The molecule has 1 atom stereocenters. The van der Waals surface area contributed by atoms with Crippen LogP contribution in [0.4, 0.5) is 4.39 Å². The molecule has 0 bridgehead atoms. The molecule has 1 unspecified atom stereocenters. The smallest absolute Gasteiger partial charge is 0.123 e. The molecule has 0 spiro atoms. The van der Waals surface area contributed by atoms with Crippen molar-refractivity contribution < 1.29 is 4.39 Å². The number of rotatable bonds is 5. The Morgan fingerprint density at radius 2 is 2.00 bits per heavy atom. The van der Waals surface area contributed by atoms with Gasteiger partial charge in [0.25, 0.3) is 0 Å². The summed E-state index contributed by atoms with van der Waals surface area (Å²) < 4.78 is 13.2. The zero-order valence-electron chi connectivity index (χ0n) is 12.4. The average molecular weight is 304 g/mol. The van der Waals surface area contributed by atoms with Crippen molar-refractivity contribution >= 4 is 11.3 Å². The van der Waals surface area contributed by atoms with Gasteiger partial charge in [-0.3, -0.25) is 0 Å². The summed E-state index contributed by atoms with van der Waals surface area (Å²) in [6.07, 6.45) is 5.87. The van der Waals surface area contributed by atoms with Gasteiger partial charge < -0.3 is 5.32 Å². The molecule has 2 nitrogen and oxygen atoms in total. The summed E-state index contributed by atoms with van der Waals surface area (Å²) in [5.41, 5.74) is 2.38. The molecule has 112 valence electrons. The first-order chi connectivity index (χ1) is 10.3. The molecule has 21 heavy (non-hydrogen) atoms. The Hall–Kier alpha value is -1.26. The molecule has 0 amide bonds. The number of aromatic nitrogens is 1. The van der Waals surface area contributed by atoms with Gasteiger partial charge in [0.1, 0.15) is 10.8 Å². The van der Waals surface area contributed by atoms with Crippen molar-refractivity contribution in [1.82, 2.24) is 10.3 Å². The van der Waals surface area contributed by atoms with E-state index in [4.69, 9.17) is 4.98 Å². The molecular formula is C17H21FN2S. The Balaban J connectivity index is 1.91. The largest absolute Gasteiger partial charge is 0.304 e. The zero-order valence-corrected chi connectivity index (χ0v) is 13.2. The van der Waals surface area contributed by atoms with Gasteiger partial charge in [-0.05, 0) is 56.3 Å². The minimum atomic E-state index is -0.188. The Bertz CT molecular complexity index is 568. The van der Waals surface area contributed by atoms with Gasteiger partial charge in [-0.25, -0.2) is 9.37 Å². The highest BCUT2D eigenvalue weighted by Gasteiger charge is 2.21. The lowest BCUT2D eigenvalue weighted by Gasteiger charge is -2.16. The van der Waals surface area contributed by atoms with Crippen LogP contribution in [0.2, 0.25) is 0 Å². The highest BCUT2D eigenvalue weighted by Crippen LogP contribution is 2.32. The lowest BCUT2D eigenvalue weighted by atomic mass is 10.0. The van der Waals surface area contributed by atoms with Crippen molar-refractivity contribution in [2.24, 2.45) is 0 Å². The van der Waals surface area contributed by atoms with Crippen LogP contribution in [0.5, 0.6) is 0 Å². The van der Waals surface area contributed by atoms with Crippen LogP contribution in [-0.4, -0.2) is 11.5 Å². The number of aryl methyl sites for hydroxylation is 2. The monoisotopic (exact) mass is 304 g/mol. The molecule has 1 aromatic heterocycles. The maximum absolute atomic E-state index is 13.2. The zero-order chi connectivity index (χ0) is 14.7. The van der Waals surface area contributed by atoms with Crippen LogP contribution in [0, 0.1) is 5.82 Å². The van der Waals surface area contributed by atoms with Gasteiger partial charge in [-0.15, -0.1) is 11.3 Å². The van der Waals surface area contributed by atoms with E-state index in [0.29, 0.717) is 0 Å². The molecule has 1 aliphatic carbocycles. The summed E-state index contributed by atoms with van der Waals surface area (Å²) in [5.74, 6) is -0.188. The van der Waals surface area contributed by atoms with Crippen molar-refractivity contribution in [3.63, 3.8) is 0 Å². The minimum absolute atomic E-state index is 0.0844. The quantitative estimate of drug-likeness (QED) is 0.893. The molecule has 2 aromatic rings. The first-order valence-electron chi connectivity index (χ1n) is 7.75. The molecule has 1 aromatic carbocycles. The number of nitrogens with one attached hydrogen (secondary N) is 1. The molecule has 0 saturated heterocycles. The average Bonchev–Trinajstić information content (AvgIpc) is 2.93. The third-order valence-corrected chi connectivity index (χ3v) is 5.13. The van der Waals surface area contributed by atoms with Gasteiger partial charge in [-0.1, -0.05) is 19.1 Å². The number of fused-ring (bicyclic) bond motifs is 1. The highest BCUT2D eigenvalue weighted by atomic mass is 32.1. The van der Waals surface area contributed by atoms with E-state index < -0.39 is 0 Å². The van der Waals surface area contributed by atoms with Gasteiger partial charge in [0, 0.05) is 4.88 Å². The molecule has 4 heteroatoms. The number of nitrogens with zero attached hydrogens (tertiary/aromatic N) is 1. The maximum atomic E-state index is 13.2. The van der Waals surface area contributed by atoms with Gasteiger partial charge in [0.15, 0.2) is 0 Å². The SMILES string of the molecule is CCCNC(c1ccc(F)cc1)c1nc2c(s1)CCCC2. The summed E-state index contributed by atoms with van der Waals surface area (Å²) in [4.78, 5) is 6.31. The lowest BCUT2D eigenvalue weighted by Crippen LogP contribution is -2.23. The molecule has 1 N–H and O–H groups in total. The summed E-state index contributed by atoms with van der Waals surface area (Å²) in [7, 11) is 0. The normalized spacial score (nSPS) is 15.7. The van der Waals surface area contributed by atoms with E-state index in [1.807, 2.05) is 23.5 Å². The summed E-state index contributed by atoms with van der Waals surface area (Å²) >= 11 is 1.83. The number of thiazole rings is 1. The van der Waals surface area contributed by atoms with Crippen LogP contribution >= 0.6 is 11.3 Å². The van der Waals surface area contributed by atoms with E-state index in [1.54, 1.807) is 0 Å². The van der Waals surface area contributed by atoms with Gasteiger partial charge in [0.2, 0.25) is 0 Å². The first-order valence-corrected chi connectivity index (χ1v) is 8.57. The molecule has 1 heterocycles. The van der Waals surface area contributed by atoms with Crippen LogP contribution in [0.15, 0.2) is 24.3 Å². The Kier molecular flexibility index (Phi) is 4.66. The fourth-order valence-electron chi connectivity index (χ4n) is 2.79. The van der Waals surface area contributed by atoms with Crippen molar-refractivity contribution in [2.75, 3.05) is 6.54 Å². The van der Waals surface area contributed by atoms with Crippen molar-refractivity contribution in [2.45, 2.75) is 45.1 Å². The van der Waals surface area contributed by atoms with Gasteiger partial charge in [0.05, 0.1) is 11.7 Å². The second-order valence-corrected chi connectivity index (χ2v) is 6.68. The Morgan fingerprint density at radius 1 is 1.24 bits per heavy atom. The summed E-state index contributed by atoms with van der Waals surface area (Å²) in [6, 6.07) is 6.88. The van der Waals surface area contributed by atoms with Crippen molar-refractivity contribution in [3.8, 4) is 0 Å². The first kappa shape index (κ1) is 14.7. The summed E-state index contributed by atoms with van der Waals surface area (Å²) in [5, 5.41) is 4.68. The second kappa shape index (κ2) is 6.67. The number of halogens is 1. The third-order valence-electron chi connectivity index (χ3n) is 3.91. The maximum Gasteiger partial charge on any atom is 0.123 e. The predicted octanol–water partition coefficient (Wildman–Crippen LogP) is 4.25. The number of hydrogen-bond donors (Lipinski definition) is 1. The van der Waals surface area contributed by atoms with E-state index >= 15 is 0 Å². The molecule has 0 aliphatic heterocycles. The number of benzene rings is 1. The Labute approximate surface area is 129 Å². The predicted molar refractivity (Wildman–Crippen MR) is 85.3 cm³/mol. The van der Waals surface area contributed by atoms with E-state index in [0.717, 1.165) is 36.4 Å². The van der Waals surface area contributed by atoms with E-state index in [2.05, 4.69) is 12.2 Å². The van der Waals surface area contributed by atoms with E-state index in [9.17, 15) is 4.39 Å². The van der Waals surface area contributed by atoms with Gasteiger partial charge >= 0.3 is 0 Å². The molecule has 1 aliphatic rings. The fraction of sp³-hybridized carbons (Fsp3) is 0.471. The van der Waals surface area contributed by atoms with Crippen LogP contribution in [-0.2, 0) is 12.8 Å². The van der Waals surface area contributed by atoms with Crippen LogP contribution < -0.4 is 5.32 Å². The Morgan fingerprint density at radius 3 is 2.71 bits per heavy atom. The van der Waals surface area contributed by atoms with Crippen LogP contribution in [0.25, 0.3) is 0 Å². The lowest BCUT2D eigenvalue weighted by molar-refractivity contribution is 0.588. The van der Waals surface area contributed by atoms with Crippen LogP contribution in [0.1, 0.15) is 53.4 Å². The minimum Gasteiger partial charge on any atom is -0.304 e. The standard InChI is InChI=1S/C17H21FN2S/c1-2-11-19-16(12-7-9-13(18)10-8-12)17-20-14-5-3-4-6-15(14)21-17/h7-10,16,19H,2-6,11H2,1H3. The number of hydrogen-bond acceptors (Lipinski definition) is 3. The topological polar surface area (TPSA) is 24.9 Å². The van der Waals surface area contributed by atoms with Crippen molar-refractivity contribution in [3.05, 3.63) is 51.2 Å².